The molecular weight excluding hydrogens is 192 g/mol. The fraction of sp³-hybridized carbons (Fsp3) is 0.636. The van der Waals surface area contributed by atoms with Crippen molar-refractivity contribution in [3.63, 3.8) is 0 Å². The van der Waals surface area contributed by atoms with Crippen LogP contribution in [0.15, 0.2) is 16.8 Å². The monoisotopic (exact) mass is 212 g/mol. The largest absolute Gasteiger partial charge is 0.271 e. The Labute approximate surface area is 90.5 Å². The molecule has 1 unspecified atom stereocenters. The van der Waals surface area contributed by atoms with Crippen LogP contribution in [-0.2, 0) is 0 Å². The molecule has 1 heterocycles. The Hall–Kier alpha value is -0.380. The van der Waals surface area contributed by atoms with Crippen molar-refractivity contribution in [2.75, 3.05) is 0 Å². The maximum Gasteiger partial charge on any atom is 0.0468 e. The standard InChI is InChI=1S/C11H20N2S/c1-9(2)4-3-5-11(13-12)10-6-7-14-8-10/h6-9,11,13H,3-5,12H2,1-2H3. The van der Waals surface area contributed by atoms with E-state index in [2.05, 4.69) is 36.1 Å². The van der Waals surface area contributed by atoms with Gasteiger partial charge < -0.3 is 0 Å². The molecule has 0 aliphatic rings. The van der Waals surface area contributed by atoms with Crippen molar-refractivity contribution in [3.05, 3.63) is 22.4 Å². The molecule has 0 spiro atoms. The van der Waals surface area contributed by atoms with E-state index in [1.54, 1.807) is 11.3 Å². The summed E-state index contributed by atoms with van der Waals surface area (Å²) >= 11 is 1.73. The van der Waals surface area contributed by atoms with E-state index in [1.807, 2.05) is 0 Å². The van der Waals surface area contributed by atoms with Gasteiger partial charge in [0.15, 0.2) is 0 Å². The minimum absolute atomic E-state index is 0.333. The Morgan fingerprint density at radius 3 is 2.71 bits per heavy atom. The zero-order chi connectivity index (χ0) is 10.4. The lowest BCUT2D eigenvalue weighted by Gasteiger charge is -2.14. The van der Waals surface area contributed by atoms with Crippen molar-refractivity contribution >= 4 is 11.3 Å². The maximum absolute atomic E-state index is 5.54. The molecule has 0 saturated heterocycles. The van der Waals surface area contributed by atoms with Gasteiger partial charge in [0.25, 0.3) is 0 Å². The van der Waals surface area contributed by atoms with Crippen LogP contribution in [-0.4, -0.2) is 0 Å². The normalized spacial score (nSPS) is 13.4. The van der Waals surface area contributed by atoms with Gasteiger partial charge in [-0.1, -0.05) is 26.7 Å². The molecule has 1 aromatic rings. The SMILES string of the molecule is CC(C)CCCC(NN)c1ccsc1. The molecule has 0 saturated carbocycles. The van der Waals surface area contributed by atoms with E-state index in [0.29, 0.717) is 6.04 Å². The van der Waals surface area contributed by atoms with Crippen LogP contribution in [0.4, 0.5) is 0 Å². The second-order valence-corrected chi connectivity index (χ2v) is 4.88. The molecule has 1 atom stereocenters. The van der Waals surface area contributed by atoms with Crippen LogP contribution in [0.2, 0.25) is 0 Å². The Kier molecular flexibility index (Phi) is 5.15. The van der Waals surface area contributed by atoms with Gasteiger partial charge in [-0.25, -0.2) is 0 Å². The molecule has 3 N–H and O–H groups in total. The highest BCUT2D eigenvalue weighted by molar-refractivity contribution is 7.07. The average molecular weight is 212 g/mol. The smallest absolute Gasteiger partial charge is 0.0468 e. The summed E-state index contributed by atoms with van der Waals surface area (Å²) in [6.07, 6.45) is 3.65. The minimum Gasteiger partial charge on any atom is -0.271 e. The fourth-order valence-electron chi connectivity index (χ4n) is 1.55. The third kappa shape index (κ3) is 3.78. The van der Waals surface area contributed by atoms with Gasteiger partial charge in [-0.15, -0.1) is 0 Å². The molecule has 0 aromatic carbocycles. The molecule has 0 amide bonds. The van der Waals surface area contributed by atoms with Gasteiger partial charge in [-0.05, 0) is 34.7 Å². The lowest BCUT2D eigenvalue weighted by molar-refractivity contribution is 0.456. The molecule has 14 heavy (non-hydrogen) atoms. The molecule has 0 bridgehead atoms. The molecule has 2 nitrogen and oxygen atoms in total. The molecule has 1 rings (SSSR count). The number of nitrogens with two attached hydrogens (primary N) is 1. The van der Waals surface area contributed by atoms with Crippen molar-refractivity contribution in [2.24, 2.45) is 11.8 Å². The first-order valence-corrected chi connectivity index (χ1v) is 6.16. The lowest BCUT2D eigenvalue weighted by atomic mass is 10.0. The van der Waals surface area contributed by atoms with Gasteiger partial charge in [0.05, 0.1) is 0 Å². The Morgan fingerprint density at radius 2 is 2.21 bits per heavy atom. The van der Waals surface area contributed by atoms with Crippen LogP contribution < -0.4 is 11.3 Å². The second kappa shape index (κ2) is 6.17. The van der Waals surface area contributed by atoms with Gasteiger partial charge in [-0.2, -0.15) is 11.3 Å². The first-order valence-electron chi connectivity index (χ1n) is 5.22. The summed E-state index contributed by atoms with van der Waals surface area (Å²) < 4.78 is 0. The second-order valence-electron chi connectivity index (χ2n) is 4.10. The summed E-state index contributed by atoms with van der Waals surface area (Å²) in [6, 6.07) is 2.48. The summed E-state index contributed by atoms with van der Waals surface area (Å²) in [5, 5.41) is 4.27. The van der Waals surface area contributed by atoms with Crippen molar-refractivity contribution in [1.82, 2.24) is 5.43 Å². The Bertz CT molecular complexity index is 231. The van der Waals surface area contributed by atoms with Gasteiger partial charge in [0.1, 0.15) is 0 Å². The van der Waals surface area contributed by atoms with E-state index >= 15 is 0 Å². The number of rotatable bonds is 6. The van der Waals surface area contributed by atoms with Crippen LogP contribution in [0.1, 0.15) is 44.7 Å². The first kappa shape index (κ1) is 11.7. The van der Waals surface area contributed by atoms with Crippen LogP contribution in [0.5, 0.6) is 0 Å². The number of thiophene rings is 1. The van der Waals surface area contributed by atoms with Gasteiger partial charge in [0.2, 0.25) is 0 Å². The molecule has 0 aliphatic carbocycles. The first-order chi connectivity index (χ1) is 6.74. The van der Waals surface area contributed by atoms with Crippen molar-refractivity contribution in [2.45, 2.75) is 39.2 Å². The molecule has 1 aromatic heterocycles. The molecule has 3 heteroatoms. The maximum atomic E-state index is 5.54. The average Bonchev–Trinajstić information content (AvgIpc) is 2.64. The molecule has 0 fully saturated rings. The van der Waals surface area contributed by atoms with Gasteiger partial charge in [0, 0.05) is 6.04 Å². The Morgan fingerprint density at radius 1 is 1.43 bits per heavy atom. The van der Waals surface area contributed by atoms with Crippen molar-refractivity contribution in [1.29, 1.82) is 0 Å². The fourth-order valence-corrected chi connectivity index (χ4v) is 2.26. The van der Waals surface area contributed by atoms with E-state index in [-0.39, 0.29) is 0 Å². The third-order valence-electron chi connectivity index (χ3n) is 2.42. The molecule has 80 valence electrons. The third-order valence-corrected chi connectivity index (χ3v) is 3.12. The zero-order valence-electron chi connectivity index (χ0n) is 8.99. The van der Waals surface area contributed by atoms with Crippen LogP contribution in [0, 0.1) is 5.92 Å². The van der Waals surface area contributed by atoms with Crippen LogP contribution >= 0.6 is 11.3 Å². The predicted octanol–water partition coefficient (Wildman–Crippen LogP) is 3.08. The number of hydrogen-bond acceptors (Lipinski definition) is 3. The molecular formula is C11H20N2S. The van der Waals surface area contributed by atoms with Crippen molar-refractivity contribution in [3.8, 4) is 0 Å². The van der Waals surface area contributed by atoms with E-state index in [9.17, 15) is 0 Å². The summed E-state index contributed by atoms with van der Waals surface area (Å²) in [4.78, 5) is 0. The summed E-state index contributed by atoms with van der Waals surface area (Å²) in [6.45, 7) is 4.52. The van der Waals surface area contributed by atoms with E-state index in [1.165, 1.54) is 18.4 Å². The molecule has 0 radical (unpaired) electrons. The Balaban J connectivity index is 2.33. The van der Waals surface area contributed by atoms with Crippen molar-refractivity contribution < 1.29 is 0 Å². The predicted molar refractivity (Wildman–Crippen MR) is 63.1 cm³/mol. The number of nitrogens with one attached hydrogen (secondary N) is 1. The highest BCUT2D eigenvalue weighted by atomic mass is 32.1. The van der Waals surface area contributed by atoms with E-state index in [0.717, 1.165) is 12.3 Å². The van der Waals surface area contributed by atoms with Gasteiger partial charge >= 0.3 is 0 Å². The number of hydrogen-bond donors (Lipinski definition) is 2. The summed E-state index contributed by atoms with van der Waals surface area (Å²) in [5.74, 6) is 6.32. The highest BCUT2D eigenvalue weighted by Crippen LogP contribution is 2.21. The van der Waals surface area contributed by atoms with Crippen LogP contribution in [0.3, 0.4) is 0 Å². The molecule has 0 aliphatic heterocycles. The summed E-state index contributed by atoms with van der Waals surface area (Å²) in [5.41, 5.74) is 4.21. The highest BCUT2D eigenvalue weighted by Gasteiger charge is 2.09. The minimum atomic E-state index is 0.333. The van der Waals surface area contributed by atoms with E-state index < -0.39 is 0 Å². The quantitative estimate of drug-likeness (QED) is 0.562. The van der Waals surface area contributed by atoms with Gasteiger partial charge in [-0.3, -0.25) is 11.3 Å². The van der Waals surface area contributed by atoms with E-state index in [4.69, 9.17) is 5.84 Å². The topological polar surface area (TPSA) is 38.0 Å². The van der Waals surface area contributed by atoms with Crippen LogP contribution in [0.25, 0.3) is 0 Å². The summed E-state index contributed by atoms with van der Waals surface area (Å²) in [7, 11) is 0. The lowest BCUT2D eigenvalue weighted by Crippen LogP contribution is -2.27. The number of hydrazine groups is 1. The zero-order valence-corrected chi connectivity index (χ0v) is 9.81.